The van der Waals surface area contributed by atoms with E-state index in [-0.39, 0.29) is 15.9 Å². The van der Waals surface area contributed by atoms with Crippen molar-refractivity contribution in [2.45, 2.75) is 4.21 Å². The van der Waals surface area contributed by atoms with Gasteiger partial charge in [-0.15, -0.1) is 11.3 Å². The van der Waals surface area contributed by atoms with Gasteiger partial charge in [-0.1, -0.05) is 11.6 Å². The molecule has 0 atom stereocenters. The van der Waals surface area contributed by atoms with E-state index in [1.807, 2.05) is 0 Å². The first-order valence-electron chi connectivity index (χ1n) is 4.65. The van der Waals surface area contributed by atoms with E-state index in [1.54, 1.807) is 0 Å². The predicted molar refractivity (Wildman–Crippen MR) is 68.7 cm³/mol. The zero-order valence-electron chi connectivity index (χ0n) is 9.12. The lowest BCUT2D eigenvalue weighted by molar-refractivity contribution is 0.397. The number of ether oxygens (including phenoxy) is 1. The second-order valence-corrected chi connectivity index (χ2v) is 6.73. The van der Waals surface area contributed by atoms with Crippen LogP contribution in [0.25, 0.3) is 0 Å². The topological polar surface area (TPSA) is 81.2 Å². The van der Waals surface area contributed by atoms with E-state index in [2.05, 4.69) is 14.7 Å². The lowest BCUT2D eigenvalue weighted by Crippen LogP contribution is -2.12. The van der Waals surface area contributed by atoms with E-state index in [1.165, 1.54) is 31.6 Å². The summed E-state index contributed by atoms with van der Waals surface area (Å²) in [7, 11) is -2.25. The summed E-state index contributed by atoms with van der Waals surface area (Å²) < 4.78 is 31.6. The molecule has 9 heteroatoms. The van der Waals surface area contributed by atoms with E-state index < -0.39 is 10.0 Å². The molecule has 18 heavy (non-hydrogen) atoms. The minimum atomic E-state index is -3.68. The Morgan fingerprint density at radius 3 is 2.78 bits per heavy atom. The molecule has 2 aromatic heterocycles. The van der Waals surface area contributed by atoms with Crippen molar-refractivity contribution in [3.63, 3.8) is 0 Å². The summed E-state index contributed by atoms with van der Waals surface area (Å²) in [5.41, 5.74) is 0. The monoisotopic (exact) mass is 305 g/mol. The molecule has 0 aromatic carbocycles. The summed E-state index contributed by atoms with van der Waals surface area (Å²) in [4.78, 5) is 7.57. The molecular weight excluding hydrogens is 298 g/mol. The first kappa shape index (κ1) is 13.1. The van der Waals surface area contributed by atoms with Crippen LogP contribution in [0.5, 0.6) is 5.88 Å². The number of nitrogens with one attached hydrogen (secondary N) is 1. The van der Waals surface area contributed by atoms with Crippen molar-refractivity contribution >= 4 is 38.8 Å². The van der Waals surface area contributed by atoms with Crippen LogP contribution >= 0.6 is 22.9 Å². The predicted octanol–water partition coefficient (Wildman–Crippen LogP) is 2.00. The number of nitrogens with zero attached hydrogens (tertiary/aromatic N) is 2. The number of sulfonamides is 1. The lowest BCUT2D eigenvalue weighted by Gasteiger charge is -2.05. The third-order valence-electron chi connectivity index (χ3n) is 1.90. The van der Waals surface area contributed by atoms with Gasteiger partial charge in [0.1, 0.15) is 16.4 Å². The summed E-state index contributed by atoms with van der Waals surface area (Å²) >= 11 is 6.66. The Hall–Kier alpha value is -1.38. The van der Waals surface area contributed by atoms with Crippen LogP contribution in [-0.2, 0) is 10.0 Å². The van der Waals surface area contributed by atoms with Gasteiger partial charge in [0.05, 0.1) is 11.4 Å². The van der Waals surface area contributed by atoms with Crippen LogP contribution in [0.15, 0.2) is 28.7 Å². The Bertz CT molecular complexity index is 657. The van der Waals surface area contributed by atoms with Gasteiger partial charge in [-0.05, 0) is 12.1 Å². The molecule has 0 amide bonds. The number of hydrogen-bond acceptors (Lipinski definition) is 6. The first-order chi connectivity index (χ1) is 8.51. The maximum absolute atomic E-state index is 12.0. The molecule has 0 aliphatic rings. The van der Waals surface area contributed by atoms with Gasteiger partial charge in [0.25, 0.3) is 10.0 Å². The third kappa shape index (κ3) is 2.89. The summed E-state index contributed by atoms with van der Waals surface area (Å²) in [5, 5.41) is 0. The number of halogens is 1. The van der Waals surface area contributed by atoms with Gasteiger partial charge < -0.3 is 4.74 Å². The van der Waals surface area contributed by atoms with Gasteiger partial charge in [-0.2, -0.15) is 0 Å². The van der Waals surface area contributed by atoms with Crippen LogP contribution in [0.1, 0.15) is 0 Å². The average Bonchev–Trinajstić information content (AvgIpc) is 2.76. The third-order valence-corrected chi connectivity index (χ3v) is 4.98. The quantitative estimate of drug-likeness (QED) is 0.934. The van der Waals surface area contributed by atoms with Crippen molar-refractivity contribution in [2.75, 3.05) is 11.8 Å². The van der Waals surface area contributed by atoms with E-state index in [0.29, 0.717) is 4.34 Å². The Labute approximate surface area is 113 Å². The molecule has 2 rings (SSSR count). The Kier molecular flexibility index (Phi) is 3.69. The molecule has 0 aliphatic carbocycles. The van der Waals surface area contributed by atoms with Crippen LogP contribution in [0.2, 0.25) is 4.34 Å². The SMILES string of the molecule is COc1cc(NS(=O)(=O)c2ccc(Cl)s2)ncn1. The van der Waals surface area contributed by atoms with Crippen LogP contribution in [0.4, 0.5) is 5.82 Å². The molecule has 0 saturated heterocycles. The second-order valence-electron chi connectivity index (χ2n) is 3.11. The largest absolute Gasteiger partial charge is 0.481 e. The van der Waals surface area contributed by atoms with Crippen LogP contribution in [0.3, 0.4) is 0 Å². The molecule has 96 valence electrons. The Morgan fingerprint density at radius 1 is 1.39 bits per heavy atom. The zero-order valence-corrected chi connectivity index (χ0v) is 11.5. The molecule has 1 N–H and O–H groups in total. The minimum absolute atomic E-state index is 0.116. The second kappa shape index (κ2) is 5.09. The van der Waals surface area contributed by atoms with Gasteiger partial charge in [0.15, 0.2) is 0 Å². The Balaban J connectivity index is 2.27. The van der Waals surface area contributed by atoms with E-state index >= 15 is 0 Å². The average molecular weight is 306 g/mol. The zero-order chi connectivity index (χ0) is 13.2. The molecule has 0 spiro atoms. The minimum Gasteiger partial charge on any atom is -0.481 e. The molecule has 0 bridgehead atoms. The summed E-state index contributed by atoms with van der Waals surface area (Å²) in [6, 6.07) is 4.32. The van der Waals surface area contributed by atoms with Gasteiger partial charge in [-0.25, -0.2) is 18.4 Å². The van der Waals surface area contributed by atoms with Gasteiger partial charge in [0.2, 0.25) is 5.88 Å². The van der Waals surface area contributed by atoms with Crippen LogP contribution < -0.4 is 9.46 Å². The van der Waals surface area contributed by atoms with Crippen molar-refractivity contribution < 1.29 is 13.2 Å². The number of aromatic nitrogens is 2. The molecule has 0 radical (unpaired) electrons. The standard InChI is InChI=1S/C9H8ClN3O3S2/c1-16-8-4-7(11-5-12-8)13-18(14,15)9-3-2-6(10)17-9/h2-5H,1H3,(H,11,12,13). The van der Waals surface area contributed by atoms with Gasteiger partial charge in [0, 0.05) is 6.07 Å². The molecule has 6 nitrogen and oxygen atoms in total. The molecule has 2 aromatic rings. The number of methoxy groups -OCH3 is 1. The highest BCUT2D eigenvalue weighted by atomic mass is 35.5. The van der Waals surface area contributed by atoms with Crippen molar-refractivity contribution in [3.05, 3.63) is 28.9 Å². The molecular formula is C9H8ClN3O3S2. The van der Waals surface area contributed by atoms with E-state index in [9.17, 15) is 8.42 Å². The van der Waals surface area contributed by atoms with Crippen LogP contribution in [-0.4, -0.2) is 25.5 Å². The highest BCUT2D eigenvalue weighted by molar-refractivity contribution is 7.94. The molecule has 0 fully saturated rings. The number of thiophene rings is 1. The van der Waals surface area contributed by atoms with E-state index in [4.69, 9.17) is 16.3 Å². The lowest BCUT2D eigenvalue weighted by atomic mass is 10.6. The summed E-state index contributed by atoms with van der Waals surface area (Å²) in [5.74, 6) is 0.401. The van der Waals surface area contributed by atoms with Crippen molar-refractivity contribution in [1.29, 1.82) is 0 Å². The molecule has 0 unspecified atom stereocenters. The number of hydrogen-bond donors (Lipinski definition) is 1. The highest BCUT2D eigenvalue weighted by Crippen LogP contribution is 2.27. The van der Waals surface area contributed by atoms with Crippen LogP contribution in [0, 0.1) is 0 Å². The van der Waals surface area contributed by atoms with Crippen molar-refractivity contribution in [1.82, 2.24) is 9.97 Å². The number of rotatable bonds is 4. The summed E-state index contributed by atoms with van der Waals surface area (Å²) in [6.45, 7) is 0. The normalized spacial score (nSPS) is 11.2. The molecule has 2 heterocycles. The summed E-state index contributed by atoms with van der Waals surface area (Å²) in [6.07, 6.45) is 1.21. The number of anilines is 1. The first-order valence-corrected chi connectivity index (χ1v) is 7.33. The fraction of sp³-hybridized carbons (Fsp3) is 0.111. The van der Waals surface area contributed by atoms with Gasteiger partial charge >= 0.3 is 0 Å². The van der Waals surface area contributed by atoms with E-state index in [0.717, 1.165) is 11.3 Å². The maximum atomic E-state index is 12.0. The molecule has 0 saturated carbocycles. The highest BCUT2D eigenvalue weighted by Gasteiger charge is 2.17. The fourth-order valence-corrected chi connectivity index (χ4v) is 3.62. The van der Waals surface area contributed by atoms with Crippen molar-refractivity contribution in [2.24, 2.45) is 0 Å². The Morgan fingerprint density at radius 2 is 2.17 bits per heavy atom. The maximum Gasteiger partial charge on any atom is 0.272 e. The fourth-order valence-electron chi connectivity index (χ4n) is 1.14. The molecule has 0 aliphatic heterocycles. The van der Waals surface area contributed by atoms with Gasteiger partial charge in [-0.3, -0.25) is 4.72 Å². The smallest absolute Gasteiger partial charge is 0.272 e. The van der Waals surface area contributed by atoms with Crippen molar-refractivity contribution in [3.8, 4) is 5.88 Å².